The molecule has 3 rings (SSSR count). The molecule has 2 heterocycles. The fourth-order valence-electron chi connectivity index (χ4n) is 1.70. The Labute approximate surface area is 132 Å². The highest BCUT2D eigenvalue weighted by molar-refractivity contribution is 9.10. The lowest BCUT2D eigenvalue weighted by molar-refractivity contribution is 0.102. The van der Waals surface area contributed by atoms with Crippen LogP contribution in [0.25, 0.3) is 11.7 Å². The van der Waals surface area contributed by atoms with Gasteiger partial charge in [-0.2, -0.15) is 5.26 Å². The van der Waals surface area contributed by atoms with Crippen LogP contribution in [0, 0.1) is 11.3 Å². The molecular formula is C14H7BrN4O3. The second-order valence-corrected chi connectivity index (χ2v) is 4.94. The minimum Gasteiger partial charge on any atom is -0.444 e. The second-order valence-electron chi connectivity index (χ2n) is 4.16. The van der Waals surface area contributed by atoms with Crippen molar-refractivity contribution in [3.63, 3.8) is 0 Å². The molecular weight excluding hydrogens is 352 g/mol. The molecule has 0 radical (unpaired) electrons. The van der Waals surface area contributed by atoms with Gasteiger partial charge in [0, 0.05) is 5.56 Å². The number of nitrogens with zero attached hydrogens (tertiary/aromatic N) is 3. The molecule has 1 amide bonds. The van der Waals surface area contributed by atoms with Gasteiger partial charge in [-0.3, -0.25) is 10.1 Å². The van der Waals surface area contributed by atoms with Crippen molar-refractivity contribution < 1.29 is 13.6 Å². The Morgan fingerprint density at radius 3 is 2.82 bits per heavy atom. The summed E-state index contributed by atoms with van der Waals surface area (Å²) >= 11 is 3.17. The van der Waals surface area contributed by atoms with Crippen molar-refractivity contribution in [2.45, 2.75) is 0 Å². The number of benzene rings is 1. The van der Waals surface area contributed by atoms with Crippen LogP contribution in [0.1, 0.15) is 15.9 Å². The zero-order valence-electron chi connectivity index (χ0n) is 10.9. The summed E-state index contributed by atoms with van der Waals surface area (Å²) in [5, 5.41) is 18.8. The van der Waals surface area contributed by atoms with Crippen LogP contribution in [-0.4, -0.2) is 16.1 Å². The quantitative estimate of drug-likeness (QED) is 0.770. The summed E-state index contributed by atoms with van der Waals surface area (Å²) in [6.45, 7) is 0. The number of aromatic nitrogens is 2. The first kappa shape index (κ1) is 14.0. The molecule has 2 aromatic heterocycles. The predicted octanol–water partition coefficient (Wildman–Crippen LogP) is 3.22. The van der Waals surface area contributed by atoms with Gasteiger partial charge in [-0.25, -0.2) is 0 Å². The third kappa shape index (κ3) is 2.89. The molecule has 0 fully saturated rings. The average Bonchev–Trinajstić information content (AvgIpc) is 3.16. The van der Waals surface area contributed by atoms with E-state index in [2.05, 4.69) is 31.4 Å². The van der Waals surface area contributed by atoms with Crippen LogP contribution < -0.4 is 5.32 Å². The number of hydrogen-bond acceptors (Lipinski definition) is 6. The van der Waals surface area contributed by atoms with Gasteiger partial charge in [-0.15, -0.1) is 5.10 Å². The molecule has 0 aliphatic rings. The SMILES string of the molecule is N#Cc1cccc(C(=O)Nc2nnc(-c3ccc(Br)o3)o2)c1. The van der Waals surface area contributed by atoms with Crippen LogP contribution in [0.2, 0.25) is 0 Å². The molecule has 0 bridgehead atoms. The summed E-state index contributed by atoms with van der Waals surface area (Å²) in [7, 11) is 0. The van der Waals surface area contributed by atoms with E-state index in [4.69, 9.17) is 14.1 Å². The highest BCUT2D eigenvalue weighted by Gasteiger charge is 2.15. The monoisotopic (exact) mass is 358 g/mol. The van der Waals surface area contributed by atoms with Gasteiger partial charge in [0.15, 0.2) is 10.4 Å². The molecule has 3 aromatic rings. The normalized spacial score (nSPS) is 10.2. The Bertz CT molecular complexity index is 878. The summed E-state index contributed by atoms with van der Waals surface area (Å²) in [6.07, 6.45) is 0. The van der Waals surface area contributed by atoms with Gasteiger partial charge >= 0.3 is 6.01 Å². The predicted molar refractivity (Wildman–Crippen MR) is 78.8 cm³/mol. The molecule has 8 heteroatoms. The van der Waals surface area contributed by atoms with Gasteiger partial charge in [0.1, 0.15) is 0 Å². The number of carbonyl (C=O) groups excluding carboxylic acids is 1. The summed E-state index contributed by atoms with van der Waals surface area (Å²) in [5.74, 6) is 0.0750. The number of anilines is 1. The van der Waals surface area contributed by atoms with Crippen molar-refractivity contribution in [1.82, 2.24) is 10.2 Å². The van der Waals surface area contributed by atoms with Crippen molar-refractivity contribution in [2.75, 3.05) is 5.32 Å². The first-order valence-electron chi connectivity index (χ1n) is 6.06. The van der Waals surface area contributed by atoms with Gasteiger partial charge in [0.25, 0.3) is 11.8 Å². The third-order valence-electron chi connectivity index (χ3n) is 2.68. The molecule has 1 N–H and O–H groups in total. The molecule has 0 aliphatic carbocycles. The zero-order valence-corrected chi connectivity index (χ0v) is 12.5. The molecule has 0 unspecified atom stereocenters. The molecule has 0 saturated carbocycles. The largest absolute Gasteiger partial charge is 0.444 e. The van der Waals surface area contributed by atoms with E-state index in [-0.39, 0.29) is 11.9 Å². The number of furan rings is 1. The summed E-state index contributed by atoms with van der Waals surface area (Å²) < 4.78 is 11.1. The Hall–Kier alpha value is -2.92. The first-order valence-corrected chi connectivity index (χ1v) is 6.86. The number of amides is 1. The number of rotatable bonds is 3. The second kappa shape index (κ2) is 5.83. The van der Waals surface area contributed by atoms with Crippen LogP contribution in [0.5, 0.6) is 0 Å². The van der Waals surface area contributed by atoms with E-state index in [0.29, 0.717) is 21.6 Å². The number of nitriles is 1. The lowest BCUT2D eigenvalue weighted by Crippen LogP contribution is -2.12. The van der Waals surface area contributed by atoms with E-state index in [1.807, 2.05) is 6.07 Å². The smallest absolute Gasteiger partial charge is 0.322 e. The van der Waals surface area contributed by atoms with E-state index in [9.17, 15) is 4.79 Å². The van der Waals surface area contributed by atoms with Gasteiger partial charge < -0.3 is 8.83 Å². The van der Waals surface area contributed by atoms with Crippen LogP contribution in [0.4, 0.5) is 6.01 Å². The van der Waals surface area contributed by atoms with Crippen LogP contribution in [-0.2, 0) is 0 Å². The van der Waals surface area contributed by atoms with Crippen LogP contribution >= 0.6 is 15.9 Å². The molecule has 108 valence electrons. The van der Waals surface area contributed by atoms with E-state index >= 15 is 0 Å². The Morgan fingerprint density at radius 2 is 2.09 bits per heavy atom. The van der Waals surface area contributed by atoms with Gasteiger partial charge in [0.2, 0.25) is 0 Å². The topological polar surface area (TPSA) is 105 Å². The maximum atomic E-state index is 12.1. The molecule has 0 aliphatic heterocycles. The molecule has 22 heavy (non-hydrogen) atoms. The van der Waals surface area contributed by atoms with Crippen molar-refractivity contribution in [1.29, 1.82) is 5.26 Å². The summed E-state index contributed by atoms with van der Waals surface area (Å²) in [4.78, 5) is 12.1. The molecule has 7 nitrogen and oxygen atoms in total. The van der Waals surface area contributed by atoms with Gasteiger partial charge in [0.05, 0.1) is 11.6 Å². The van der Waals surface area contributed by atoms with Crippen LogP contribution in [0.15, 0.2) is 49.9 Å². The van der Waals surface area contributed by atoms with Crippen LogP contribution in [0.3, 0.4) is 0 Å². The fraction of sp³-hybridized carbons (Fsp3) is 0. The fourth-order valence-corrected chi connectivity index (χ4v) is 2.01. The Balaban J connectivity index is 1.77. The summed E-state index contributed by atoms with van der Waals surface area (Å²) in [6, 6.07) is 11.5. The highest BCUT2D eigenvalue weighted by atomic mass is 79.9. The molecule has 1 aromatic carbocycles. The number of halogens is 1. The minimum atomic E-state index is -0.451. The van der Waals surface area contributed by atoms with Gasteiger partial charge in [-0.1, -0.05) is 11.2 Å². The van der Waals surface area contributed by atoms with Crippen molar-refractivity contribution in [3.8, 4) is 17.7 Å². The van der Waals surface area contributed by atoms with Crippen molar-refractivity contribution in [3.05, 3.63) is 52.2 Å². The maximum Gasteiger partial charge on any atom is 0.322 e. The van der Waals surface area contributed by atoms with Crippen molar-refractivity contribution >= 4 is 27.9 Å². The third-order valence-corrected chi connectivity index (χ3v) is 3.11. The Morgan fingerprint density at radius 1 is 1.23 bits per heavy atom. The zero-order chi connectivity index (χ0) is 15.5. The van der Waals surface area contributed by atoms with E-state index in [1.54, 1.807) is 30.3 Å². The Kier molecular flexibility index (Phi) is 3.72. The standard InChI is InChI=1S/C14H7BrN4O3/c15-11-5-4-10(21-11)13-18-19-14(22-13)17-12(20)9-3-1-2-8(6-9)7-16/h1-6H,(H,17,19,20). The summed E-state index contributed by atoms with van der Waals surface area (Å²) in [5.41, 5.74) is 0.707. The van der Waals surface area contributed by atoms with Gasteiger partial charge in [-0.05, 0) is 46.3 Å². The minimum absolute atomic E-state index is 0.0603. The highest BCUT2D eigenvalue weighted by Crippen LogP contribution is 2.25. The van der Waals surface area contributed by atoms with Crippen molar-refractivity contribution in [2.24, 2.45) is 0 Å². The van der Waals surface area contributed by atoms with E-state index in [0.717, 1.165) is 0 Å². The number of hydrogen-bond donors (Lipinski definition) is 1. The number of carbonyl (C=O) groups is 1. The number of nitrogens with one attached hydrogen (secondary N) is 1. The van der Waals surface area contributed by atoms with E-state index < -0.39 is 5.91 Å². The molecule has 0 atom stereocenters. The lowest BCUT2D eigenvalue weighted by Gasteiger charge is -2.00. The maximum absolute atomic E-state index is 12.1. The lowest BCUT2D eigenvalue weighted by atomic mass is 10.1. The van der Waals surface area contributed by atoms with E-state index in [1.165, 1.54) is 6.07 Å². The first-order chi connectivity index (χ1) is 10.7. The average molecular weight is 359 g/mol. The molecule has 0 spiro atoms. The molecule has 0 saturated heterocycles.